The average Bonchev–Trinajstić information content (AvgIpc) is 2.47. The Morgan fingerprint density at radius 1 is 1.30 bits per heavy atom. The summed E-state index contributed by atoms with van der Waals surface area (Å²) in [6, 6.07) is 4.42. The van der Waals surface area contributed by atoms with Crippen LogP contribution in [0.15, 0.2) is 18.2 Å². The number of hydrogen-bond donors (Lipinski definition) is 2. The zero-order valence-electron chi connectivity index (χ0n) is 11.4. The number of nitrogens with one attached hydrogen (secondary N) is 2. The van der Waals surface area contributed by atoms with Crippen molar-refractivity contribution in [3.63, 3.8) is 0 Å². The largest absolute Gasteiger partial charge is 0.388 e. The molecule has 7 nitrogen and oxygen atoms in total. The van der Waals surface area contributed by atoms with Crippen molar-refractivity contribution in [3.8, 4) is 0 Å². The third-order valence-corrected chi connectivity index (χ3v) is 3.34. The normalized spacial score (nSPS) is 15.7. The van der Waals surface area contributed by atoms with Crippen LogP contribution in [0.1, 0.15) is 29.6 Å². The second-order valence-electron chi connectivity index (χ2n) is 4.73. The highest BCUT2D eigenvalue weighted by atomic mass is 16.6. The first kappa shape index (κ1) is 14.3. The summed E-state index contributed by atoms with van der Waals surface area (Å²) in [5.41, 5.74) is 3.30. The Bertz CT molecular complexity index is 512. The van der Waals surface area contributed by atoms with Crippen LogP contribution in [-0.2, 0) is 0 Å². The summed E-state index contributed by atoms with van der Waals surface area (Å²) in [6.07, 6.45) is 3.21. The summed E-state index contributed by atoms with van der Waals surface area (Å²) in [6.45, 7) is 1.57. The molecule has 0 spiro atoms. The highest BCUT2D eigenvalue weighted by molar-refractivity contribution is 5.98. The number of carbonyl (C=O) groups excluding carboxylic acids is 1. The summed E-state index contributed by atoms with van der Waals surface area (Å²) < 4.78 is 0. The number of hydrazine groups is 1. The molecular formula is C13H18N4O3. The molecule has 0 atom stereocenters. The zero-order valence-corrected chi connectivity index (χ0v) is 11.4. The first-order chi connectivity index (χ1) is 9.61. The van der Waals surface area contributed by atoms with E-state index in [0.717, 1.165) is 32.4 Å². The summed E-state index contributed by atoms with van der Waals surface area (Å²) in [5, 5.41) is 15.7. The van der Waals surface area contributed by atoms with Gasteiger partial charge in [-0.1, -0.05) is 6.42 Å². The van der Waals surface area contributed by atoms with Crippen molar-refractivity contribution in [2.45, 2.75) is 19.3 Å². The van der Waals surface area contributed by atoms with E-state index in [2.05, 4.69) is 10.7 Å². The Balaban J connectivity index is 2.20. The average molecular weight is 278 g/mol. The van der Waals surface area contributed by atoms with E-state index in [9.17, 15) is 14.9 Å². The summed E-state index contributed by atoms with van der Waals surface area (Å²) in [5.74, 6) is -0.435. The minimum Gasteiger partial charge on any atom is -0.388 e. The molecule has 1 fully saturated rings. The van der Waals surface area contributed by atoms with Crippen LogP contribution in [0.25, 0.3) is 0 Å². The SMILES string of the molecule is CNc1ccc([N+](=O)[O-])c(C(=O)NN2CCCCC2)c1. The van der Waals surface area contributed by atoms with Crippen LogP contribution in [0, 0.1) is 10.1 Å². The fourth-order valence-electron chi connectivity index (χ4n) is 2.24. The maximum absolute atomic E-state index is 12.2. The van der Waals surface area contributed by atoms with Crippen LogP contribution in [0.5, 0.6) is 0 Å². The van der Waals surface area contributed by atoms with Crippen molar-refractivity contribution < 1.29 is 9.72 Å². The molecule has 1 aliphatic heterocycles. The van der Waals surface area contributed by atoms with Gasteiger partial charge in [-0.2, -0.15) is 0 Å². The van der Waals surface area contributed by atoms with Gasteiger partial charge in [-0.05, 0) is 25.0 Å². The number of nitro groups is 1. The van der Waals surface area contributed by atoms with Crippen molar-refractivity contribution >= 4 is 17.3 Å². The number of amides is 1. The van der Waals surface area contributed by atoms with Crippen molar-refractivity contribution in [2.24, 2.45) is 0 Å². The number of nitrogens with zero attached hydrogens (tertiary/aromatic N) is 2. The van der Waals surface area contributed by atoms with Crippen molar-refractivity contribution in [3.05, 3.63) is 33.9 Å². The van der Waals surface area contributed by atoms with Gasteiger partial charge in [-0.3, -0.25) is 20.3 Å². The molecule has 2 N–H and O–H groups in total. The van der Waals surface area contributed by atoms with Gasteiger partial charge in [0.05, 0.1) is 4.92 Å². The Morgan fingerprint density at radius 2 is 2.00 bits per heavy atom. The van der Waals surface area contributed by atoms with Gasteiger partial charge in [-0.15, -0.1) is 0 Å². The van der Waals surface area contributed by atoms with E-state index in [1.54, 1.807) is 13.1 Å². The number of benzene rings is 1. The first-order valence-electron chi connectivity index (χ1n) is 6.64. The molecule has 0 bridgehead atoms. The molecule has 1 aromatic rings. The Hall–Kier alpha value is -2.15. The fraction of sp³-hybridized carbons (Fsp3) is 0.462. The molecule has 0 unspecified atom stereocenters. The lowest BCUT2D eigenvalue weighted by molar-refractivity contribution is -0.385. The molecule has 0 aromatic heterocycles. The molecule has 1 amide bonds. The minimum atomic E-state index is -0.537. The molecule has 0 saturated carbocycles. The molecule has 1 saturated heterocycles. The van der Waals surface area contributed by atoms with Crippen molar-refractivity contribution in [1.82, 2.24) is 10.4 Å². The third-order valence-electron chi connectivity index (χ3n) is 3.34. The topological polar surface area (TPSA) is 87.5 Å². The predicted octanol–water partition coefficient (Wildman–Crippen LogP) is 1.77. The van der Waals surface area contributed by atoms with Crippen LogP contribution >= 0.6 is 0 Å². The van der Waals surface area contributed by atoms with Crippen LogP contribution < -0.4 is 10.7 Å². The highest BCUT2D eigenvalue weighted by Crippen LogP contribution is 2.22. The number of carbonyl (C=O) groups is 1. The van der Waals surface area contributed by atoms with Crippen LogP contribution in [-0.4, -0.2) is 36.0 Å². The maximum atomic E-state index is 12.2. The quantitative estimate of drug-likeness (QED) is 0.647. The molecule has 0 radical (unpaired) electrons. The number of nitro benzene ring substituents is 1. The fourth-order valence-corrected chi connectivity index (χ4v) is 2.24. The minimum absolute atomic E-state index is 0.0763. The van der Waals surface area contributed by atoms with Gasteiger partial charge in [0.15, 0.2) is 0 Å². The van der Waals surface area contributed by atoms with E-state index in [1.807, 2.05) is 5.01 Å². The van der Waals surface area contributed by atoms with E-state index in [-0.39, 0.29) is 11.3 Å². The molecule has 1 heterocycles. The lowest BCUT2D eigenvalue weighted by Crippen LogP contribution is -2.45. The number of anilines is 1. The number of piperidine rings is 1. The molecule has 20 heavy (non-hydrogen) atoms. The van der Waals surface area contributed by atoms with E-state index >= 15 is 0 Å². The standard InChI is InChI=1S/C13H18N4O3/c1-14-10-5-6-12(17(19)20)11(9-10)13(18)15-16-7-3-2-4-8-16/h5-6,9,14H,2-4,7-8H2,1H3,(H,15,18). The monoisotopic (exact) mass is 278 g/mol. The lowest BCUT2D eigenvalue weighted by Gasteiger charge is -2.26. The zero-order chi connectivity index (χ0) is 14.5. The van der Waals surface area contributed by atoms with Gasteiger partial charge in [0.1, 0.15) is 5.56 Å². The second kappa shape index (κ2) is 6.33. The summed E-state index contributed by atoms with van der Waals surface area (Å²) in [4.78, 5) is 22.7. The molecular weight excluding hydrogens is 260 g/mol. The van der Waals surface area contributed by atoms with Crippen molar-refractivity contribution in [2.75, 3.05) is 25.5 Å². The van der Waals surface area contributed by atoms with Crippen molar-refractivity contribution in [1.29, 1.82) is 0 Å². The smallest absolute Gasteiger partial charge is 0.282 e. The number of rotatable bonds is 4. The van der Waals surface area contributed by atoms with Gasteiger partial charge in [0.2, 0.25) is 0 Å². The highest BCUT2D eigenvalue weighted by Gasteiger charge is 2.22. The van der Waals surface area contributed by atoms with Crippen LogP contribution in [0.2, 0.25) is 0 Å². The third kappa shape index (κ3) is 3.24. The van der Waals surface area contributed by atoms with E-state index in [1.165, 1.54) is 12.1 Å². The van der Waals surface area contributed by atoms with E-state index in [0.29, 0.717) is 5.69 Å². The molecule has 2 rings (SSSR count). The molecule has 108 valence electrons. The van der Waals surface area contributed by atoms with Crippen LogP contribution in [0.3, 0.4) is 0 Å². The molecule has 1 aliphatic rings. The molecule has 7 heteroatoms. The Morgan fingerprint density at radius 3 is 2.60 bits per heavy atom. The summed E-state index contributed by atoms with van der Waals surface area (Å²) >= 11 is 0. The lowest BCUT2D eigenvalue weighted by atomic mass is 10.1. The van der Waals surface area contributed by atoms with Gasteiger partial charge >= 0.3 is 0 Å². The summed E-state index contributed by atoms with van der Waals surface area (Å²) in [7, 11) is 1.70. The van der Waals surface area contributed by atoms with E-state index < -0.39 is 10.8 Å². The Labute approximate surface area is 117 Å². The Kier molecular flexibility index (Phi) is 4.52. The van der Waals surface area contributed by atoms with Gasteiger partial charge in [-0.25, -0.2) is 5.01 Å². The molecule has 1 aromatic carbocycles. The first-order valence-corrected chi connectivity index (χ1v) is 6.64. The molecule has 0 aliphatic carbocycles. The van der Waals surface area contributed by atoms with Gasteiger partial charge in [0, 0.05) is 31.9 Å². The maximum Gasteiger partial charge on any atom is 0.282 e. The van der Waals surface area contributed by atoms with Crippen LogP contribution in [0.4, 0.5) is 11.4 Å². The number of hydrogen-bond acceptors (Lipinski definition) is 5. The van der Waals surface area contributed by atoms with Gasteiger partial charge < -0.3 is 5.32 Å². The predicted molar refractivity (Wildman–Crippen MR) is 75.5 cm³/mol. The van der Waals surface area contributed by atoms with E-state index in [4.69, 9.17) is 0 Å². The second-order valence-corrected chi connectivity index (χ2v) is 4.73. The van der Waals surface area contributed by atoms with Gasteiger partial charge in [0.25, 0.3) is 11.6 Å².